The standard InChI is InChI=1S/C7H9NOS/c1-2-8-7(9)6-4-3-5-10-6/h3-5H,2H2,1H3,(H,8,9). The zero-order valence-corrected chi connectivity index (χ0v) is 6.57. The van der Waals surface area contributed by atoms with E-state index in [0.717, 1.165) is 4.88 Å². The van der Waals surface area contributed by atoms with E-state index in [4.69, 9.17) is 0 Å². The number of carbonyl (C=O) groups excluding carboxylic acids is 1. The molecule has 2 nitrogen and oxygen atoms in total. The van der Waals surface area contributed by atoms with E-state index in [1.54, 1.807) is 0 Å². The number of carbonyl (C=O) groups is 1. The molecule has 0 aliphatic heterocycles. The Hall–Kier alpha value is -0.830. The summed E-state index contributed by atoms with van der Waals surface area (Å²) in [5.41, 5.74) is 0. The number of hydrogen-bond donors (Lipinski definition) is 1. The molecule has 1 aromatic rings. The van der Waals surface area contributed by atoms with E-state index in [1.807, 2.05) is 24.4 Å². The third kappa shape index (κ3) is 1.57. The maximum atomic E-state index is 11.0. The Morgan fingerprint density at radius 1 is 1.80 bits per heavy atom. The molecule has 0 aliphatic carbocycles. The van der Waals surface area contributed by atoms with Crippen LogP contribution in [0, 0.1) is 0 Å². The van der Waals surface area contributed by atoms with E-state index in [-0.39, 0.29) is 5.91 Å². The third-order valence-electron chi connectivity index (χ3n) is 1.08. The van der Waals surface area contributed by atoms with E-state index in [2.05, 4.69) is 5.32 Å². The van der Waals surface area contributed by atoms with Crippen molar-refractivity contribution < 1.29 is 4.79 Å². The topological polar surface area (TPSA) is 29.1 Å². The van der Waals surface area contributed by atoms with Crippen molar-refractivity contribution in [1.82, 2.24) is 5.32 Å². The van der Waals surface area contributed by atoms with Gasteiger partial charge in [-0.2, -0.15) is 0 Å². The molecule has 3 heteroatoms. The van der Waals surface area contributed by atoms with Gasteiger partial charge < -0.3 is 5.32 Å². The van der Waals surface area contributed by atoms with Crippen LogP contribution in [0.3, 0.4) is 0 Å². The van der Waals surface area contributed by atoms with Gasteiger partial charge in [-0.15, -0.1) is 11.3 Å². The highest BCUT2D eigenvalue weighted by Crippen LogP contribution is 2.06. The van der Waals surface area contributed by atoms with Gasteiger partial charge in [0, 0.05) is 6.54 Å². The Morgan fingerprint density at radius 2 is 2.60 bits per heavy atom. The van der Waals surface area contributed by atoms with Crippen LogP contribution in [0.15, 0.2) is 17.5 Å². The van der Waals surface area contributed by atoms with Gasteiger partial charge in [0.1, 0.15) is 0 Å². The normalized spacial score (nSPS) is 9.30. The molecule has 0 radical (unpaired) electrons. The van der Waals surface area contributed by atoms with Crippen LogP contribution in [0.2, 0.25) is 0 Å². The summed E-state index contributed by atoms with van der Waals surface area (Å²) in [7, 11) is 0. The highest BCUT2D eigenvalue weighted by atomic mass is 32.1. The fourth-order valence-electron chi connectivity index (χ4n) is 0.655. The average Bonchev–Trinajstić information content (AvgIpc) is 2.38. The highest BCUT2D eigenvalue weighted by molar-refractivity contribution is 7.12. The molecular weight excluding hydrogens is 146 g/mol. The molecule has 0 aliphatic rings. The summed E-state index contributed by atoms with van der Waals surface area (Å²) in [6.07, 6.45) is 0. The van der Waals surface area contributed by atoms with Crippen LogP contribution >= 0.6 is 11.3 Å². The van der Waals surface area contributed by atoms with Crippen molar-refractivity contribution in [2.45, 2.75) is 6.92 Å². The molecular formula is C7H9NOS. The summed E-state index contributed by atoms with van der Waals surface area (Å²) in [5, 5.41) is 4.61. The summed E-state index contributed by atoms with van der Waals surface area (Å²) in [4.78, 5) is 11.8. The molecule has 54 valence electrons. The maximum absolute atomic E-state index is 11.0. The first kappa shape index (κ1) is 7.28. The largest absolute Gasteiger partial charge is 0.352 e. The first-order valence-corrected chi connectivity index (χ1v) is 4.04. The second-order valence-electron chi connectivity index (χ2n) is 1.84. The summed E-state index contributed by atoms with van der Waals surface area (Å²) >= 11 is 1.46. The number of thiophene rings is 1. The first-order valence-electron chi connectivity index (χ1n) is 3.16. The number of hydrogen-bond acceptors (Lipinski definition) is 2. The third-order valence-corrected chi connectivity index (χ3v) is 1.95. The Balaban J connectivity index is 2.59. The molecule has 0 atom stereocenters. The van der Waals surface area contributed by atoms with Gasteiger partial charge in [0.05, 0.1) is 4.88 Å². The van der Waals surface area contributed by atoms with Gasteiger partial charge >= 0.3 is 0 Å². The van der Waals surface area contributed by atoms with Crippen molar-refractivity contribution in [1.29, 1.82) is 0 Å². The van der Waals surface area contributed by atoms with Crippen molar-refractivity contribution in [2.24, 2.45) is 0 Å². The predicted molar refractivity (Wildman–Crippen MR) is 42.3 cm³/mol. The minimum absolute atomic E-state index is 0.0255. The molecule has 0 saturated heterocycles. The molecule has 1 aromatic heterocycles. The fraction of sp³-hybridized carbons (Fsp3) is 0.286. The molecule has 0 unspecified atom stereocenters. The maximum Gasteiger partial charge on any atom is 0.261 e. The minimum Gasteiger partial charge on any atom is -0.352 e. The fourth-order valence-corrected chi connectivity index (χ4v) is 1.30. The van der Waals surface area contributed by atoms with Crippen molar-refractivity contribution in [3.05, 3.63) is 22.4 Å². The first-order chi connectivity index (χ1) is 4.84. The van der Waals surface area contributed by atoms with Crippen molar-refractivity contribution in [3.8, 4) is 0 Å². The van der Waals surface area contributed by atoms with Crippen LogP contribution in [-0.2, 0) is 0 Å². The molecule has 10 heavy (non-hydrogen) atoms. The second kappa shape index (κ2) is 3.37. The van der Waals surface area contributed by atoms with E-state index in [9.17, 15) is 4.79 Å². The van der Waals surface area contributed by atoms with E-state index in [0.29, 0.717) is 6.54 Å². The monoisotopic (exact) mass is 155 g/mol. The van der Waals surface area contributed by atoms with E-state index in [1.165, 1.54) is 11.3 Å². The summed E-state index contributed by atoms with van der Waals surface area (Å²) in [5.74, 6) is 0.0255. The van der Waals surface area contributed by atoms with Gasteiger partial charge in [0.25, 0.3) is 5.91 Å². The molecule has 0 aromatic carbocycles. The summed E-state index contributed by atoms with van der Waals surface area (Å²) in [6, 6.07) is 3.69. The van der Waals surface area contributed by atoms with Crippen molar-refractivity contribution >= 4 is 17.2 Å². The lowest BCUT2D eigenvalue weighted by molar-refractivity contribution is 0.0960. The SMILES string of the molecule is CCNC(=O)c1cccs1. The highest BCUT2D eigenvalue weighted by Gasteiger charge is 2.02. The molecule has 0 spiro atoms. The Labute approximate surface area is 63.9 Å². The van der Waals surface area contributed by atoms with Gasteiger partial charge in [-0.25, -0.2) is 0 Å². The van der Waals surface area contributed by atoms with Crippen molar-refractivity contribution in [2.75, 3.05) is 6.54 Å². The predicted octanol–water partition coefficient (Wildman–Crippen LogP) is 1.50. The van der Waals surface area contributed by atoms with Crippen LogP contribution in [0.5, 0.6) is 0 Å². The zero-order chi connectivity index (χ0) is 7.40. The van der Waals surface area contributed by atoms with Gasteiger partial charge in [-0.05, 0) is 18.4 Å². The molecule has 1 N–H and O–H groups in total. The van der Waals surface area contributed by atoms with Gasteiger partial charge in [0.15, 0.2) is 0 Å². The Bertz CT molecular complexity index is 205. The number of amides is 1. The zero-order valence-electron chi connectivity index (χ0n) is 5.76. The Kier molecular flexibility index (Phi) is 2.45. The van der Waals surface area contributed by atoms with Gasteiger partial charge in [-0.1, -0.05) is 6.07 Å². The lowest BCUT2D eigenvalue weighted by Crippen LogP contribution is -2.21. The lowest BCUT2D eigenvalue weighted by Gasteiger charge is -1.95. The molecule has 1 heterocycles. The molecule has 1 rings (SSSR count). The van der Waals surface area contributed by atoms with Crippen molar-refractivity contribution in [3.63, 3.8) is 0 Å². The van der Waals surface area contributed by atoms with Crippen LogP contribution in [-0.4, -0.2) is 12.5 Å². The van der Waals surface area contributed by atoms with E-state index >= 15 is 0 Å². The smallest absolute Gasteiger partial charge is 0.261 e. The number of rotatable bonds is 2. The quantitative estimate of drug-likeness (QED) is 0.689. The van der Waals surface area contributed by atoms with Crippen LogP contribution in [0.1, 0.15) is 16.6 Å². The van der Waals surface area contributed by atoms with Gasteiger partial charge in [-0.3, -0.25) is 4.79 Å². The molecule has 0 bridgehead atoms. The number of nitrogens with one attached hydrogen (secondary N) is 1. The molecule has 0 saturated carbocycles. The lowest BCUT2D eigenvalue weighted by atomic mass is 10.4. The van der Waals surface area contributed by atoms with Crippen LogP contribution in [0.4, 0.5) is 0 Å². The van der Waals surface area contributed by atoms with Gasteiger partial charge in [0.2, 0.25) is 0 Å². The molecule has 1 amide bonds. The second-order valence-corrected chi connectivity index (χ2v) is 2.78. The summed E-state index contributed by atoms with van der Waals surface area (Å²) in [6.45, 7) is 2.60. The summed E-state index contributed by atoms with van der Waals surface area (Å²) < 4.78 is 0. The minimum atomic E-state index is 0.0255. The average molecular weight is 155 g/mol. The van der Waals surface area contributed by atoms with Crippen LogP contribution < -0.4 is 5.32 Å². The Morgan fingerprint density at radius 3 is 3.10 bits per heavy atom. The van der Waals surface area contributed by atoms with Crippen LogP contribution in [0.25, 0.3) is 0 Å². The molecule has 0 fully saturated rings. The van der Waals surface area contributed by atoms with E-state index < -0.39 is 0 Å².